The molecule has 0 fully saturated rings. The molecule has 0 aliphatic carbocycles. The van der Waals surface area contributed by atoms with Crippen LogP contribution in [0.4, 0.5) is 0 Å². The molecule has 5 nitrogen and oxygen atoms in total. The Kier molecular flexibility index (Phi) is 4.03. The zero-order chi connectivity index (χ0) is 14.7. The van der Waals surface area contributed by atoms with E-state index in [1.807, 2.05) is 30.5 Å². The molecule has 0 unspecified atom stereocenters. The van der Waals surface area contributed by atoms with Crippen LogP contribution in [0, 0.1) is 0 Å². The molecule has 6 heteroatoms. The molecule has 1 aromatic carbocycles. The summed E-state index contributed by atoms with van der Waals surface area (Å²) in [6, 6.07) is 9.46. The maximum Gasteiger partial charge on any atom is 0.131 e. The smallest absolute Gasteiger partial charge is 0.131 e. The first-order chi connectivity index (χ1) is 10.3. The minimum Gasteiger partial charge on any atom is -0.491 e. The van der Waals surface area contributed by atoms with Gasteiger partial charge in [-0.1, -0.05) is 17.7 Å². The van der Waals surface area contributed by atoms with Gasteiger partial charge in [0.25, 0.3) is 0 Å². The Balaban J connectivity index is 1.89. The van der Waals surface area contributed by atoms with E-state index in [1.165, 1.54) is 0 Å². The summed E-state index contributed by atoms with van der Waals surface area (Å²) in [6.45, 7) is 1.07. The number of pyridine rings is 1. The van der Waals surface area contributed by atoms with E-state index < -0.39 is 0 Å². The Hall–Kier alpha value is -2.11. The summed E-state index contributed by atoms with van der Waals surface area (Å²) in [5, 5.41) is 5.86. The van der Waals surface area contributed by atoms with Crippen molar-refractivity contribution in [2.24, 2.45) is 0 Å². The van der Waals surface area contributed by atoms with E-state index in [1.54, 1.807) is 24.1 Å². The highest BCUT2D eigenvalue weighted by Crippen LogP contribution is 2.20. The van der Waals surface area contributed by atoms with E-state index in [0.717, 1.165) is 22.3 Å². The molecule has 2 aromatic heterocycles. The first kappa shape index (κ1) is 13.9. The van der Waals surface area contributed by atoms with Gasteiger partial charge in [-0.3, -0.25) is 0 Å². The quantitative estimate of drug-likeness (QED) is 0.537. The lowest BCUT2D eigenvalue weighted by atomic mass is 10.3. The zero-order valence-corrected chi connectivity index (χ0v) is 12.2. The van der Waals surface area contributed by atoms with Gasteiger partial charge in [0.05, 0.1) is 17.8 Å². The molecule has 0 aliphatic rings. The standard InChI is InChI=1S/C15H14ClN3O2/c1-20-5-6-21-13-4-2-3-12(7-13)19-10-11-9-17-15(16)8-14(11)18-19/h2-4,7-10H,5-6H2,1H3. The molecule has 108 valence electrons. The minimum absolute atomic E-state index is 0.435. The molecule has 0 N–H and O–H groups in total. The van der Waals surface area contributed by atoms with Crippen molar-refractivity contribution >= 4 is 22.5 Å². The number of aromatic nitrogens is 3. The minimum atomic E-state index is 0.435. The van der Waals surface area contributed by atoms with Crippen LogP contribution in [0.2, 0.25) is 5.15 Å². The maximum atomic E-state index is 5.88. The fraction of sp³-hybridized carbons (Fsp3) is 0.200. The van der Waals surface area contributed by atoms with E-state index in [9.17, 15) is 0 Å². The monoisotopic (exact) mass is 303 g/mol. The molecule has 0 saturated heterocycles. The summed E-state index contributed by atoms with van der Waals surface area (Å²) in [6.07, 6.45) is 3.62. The summed E-state index contributed by atoms with van der Waals surface area (Å²) in [5.74, 6) is 0.778. The molecular weight excluding hydrogens is 290 g/mol. The highest BCUT2D eigenvalue weighted by atomic mass is 35.5. The first-order valence-corrected chi connectivity index (χ1v) is 6.87. The maximum absolute atomic E-state index is 5.88. The third kappa shape index (κ3) is 3.15. The van der Waals surface area contributed by atoms with Gasteiger partial charge in [0.2, 0.25) is 0 Å². The van der Waals surface area contributed by atoms with E-state index in [0.29, 0.717) is 18.4 Å². The number of fused-ring (bicyclic) bond motifs is 1. The summed E-state index contributed by atoms with van der Waals surface area (Å²) in [4.78, 5) is 4.06. The lowest BCUT2D eigenvalue weighted by Gasteiger charge is -2.07. The third-order valence-electron chi connectivity index (χ3n) is 2.99. The van der Waals surface area contributed by atoms with Gasteiger partial charge in [0.1, 0.15) is 17.5 Å². The Bertz CT molecular complexity index is 758. The molecule has 2 heterocycles. The Labute approximate surface area is 127 Å². The van der Waals surface area contributed by atoms with Crippen molar-refractivity contribution in [3.63, 3.8) is 0 Å². The molecule has 0 atom stereocenters. The van der Waals surface area contributed by atoms with Gasteiger partial charge in [-0.2, -0.15) is 5.10 Å². The number of benzene rings is 1. The average Bonchev–Trinajstić information content (AvgIpc) is 2.91. The number of halogens is 1. The summed E-state index contributed by atoms with van der Waals surface area (Å²) in [7, 11) is 1.65. The van der Waals surface area contributed by atoms with Gasteiger partial charge in [0, 0.05) is 37.0 Å². The normalized spacial score (nSPS) is 11.0. The van der Waals surface area contributed by atoms with Crippen LogP contribution in [-0.4, -0.2) is 35.1 Å². The molecule has 0 amide bonds. The lowest BCUT2D eigenvalue weighted by Crippen LogP contribution is -2.04. The highest BCUT2D eigenvalue weighted by Gasteiger charge is 2.05. The van der Waals surface area contributed by atoms with Gasteiger partial charge in [-0.15, -0.1) is 0 Å². The van der Waals surface area contributed by atoms with Gasteiger partial charge < -0.3 is 9.47 Å². The molecule has 0 radical (unpaired) electrons. The van der Waals surface area contributed by atoms with Crippen LogP contribution >= 0.6 is 11.6 Å². The first-order valence-electron chi connectivity index (χ1n) is 6.49. The van der Waals surface area contributed by atoms with E-state index in [2.05, 4.69) is 10.1 Å². The fourth-order valence-electron chi connectivity index (χ4n) is 1.98. The van der Waals surface area contributed by atoms with Crippen molar-refractivity contribution < 1.29 is 9.47 Å². The Morgan fingerprint density at radius 1 is 1.24 bits per heavy atom. The SMILES string of the molecule is COCCOc1cccc(-n2cc3cnc(Cl)cc3n2)c1. The number of nitrogens with zero attached hydrogens (tertiary/aromatic N) is 3. The van der Waals surface area contributed by atoms with Crippen LogP contribution in [0.3, 0.4) is 0 Å². The summed E-state index contributed by atoms with van der Waals surface area (Å²) in [5.41, 5.74) is 1.72. The van der Waals surface area contributed by atoms with Crippen LogP contribution in [-0.2, 0) is 4.74 Å². The largest absolute Gasteiger partial charge is 0.491 e. The van der Waals surface area contributed by atoms with Gasteiger partial charge >= 0.3 is 0 Å². The number of hydrogen-bond donors (Lipinski definition) is 0. The molecule has 0 spiro atoms. The number of hydrogen-bond acceptors (Lipinski definition) is 4. The van der Waals surface area contributed by atoms with Crippen LogP contribution in [0.15, 0.2) is 42.7 Å². The second kappa shape index (κ2) is 6.11. The Morgan fingerprint density at radius 3 is 3.00 bits per heavy atom. The fourth-order valence-corrected chi connectivity index (χ4v) is 2.14. The second-order valence-electron chi connectivity index (χ2n) is 4.48. The molecular formula is C15H14ClN3O2. The summed E-state index contributed by atoms with van der Waals surface area (Å²) < 4.78 is 12.4. The lowest BCUT2D eigenvalue weighted by molar-refractivity contribution is 0.146. The average molecular weight is 304 g/mol. The van der Waals surface area contributed by atoms with Crippen molar-refractivity contribution in [2.75, 3.05) is 20.3 Å². The van der Waals surface area contributed by atoms with Gasteiger partial charge in [-0.25, -0.2) is 9.67 Å². The molecule has 21 heavy (non-hydrogen) atoms. The molecule has 0 saturated carbocycles. The second-order valence-corrected chi connectivity index (χ2v) is 4.87. The highest BCUT2D eigenvalue weighted by molar-refractivity contribution is 6.29. The van der Waals surface area contributed by atoms with Crippen LogP contribution in [0.5, 0.6) is 5.75 Å². The van der Waals surface area contributed by atoms with Crippen LogP contribution in [0.25, 0.3) is 16.6 Å². The van der Waals surface area contributed by atoms with Gasteiger partial charge in [-0.05, 0) is 12.1 Å². The summed E-state index contributed by atoms with van der Waals surface area (Å²) >= 11 is 5.88. The van der Waals surface area contributed by atoms with Crippen molar-refractivity contribution in [3.05, 3.63) is 47.9 Å². The predicted molar refractivity (Wildman–Crippen MR) is 81.2 cm³/mol. The van der Waals surface area contributed by atoms with Crippen molar-refractivity contribution in [3.8, 4) is 11.4 Å². The van der Waals surface area contributed by atoms with E-state index in [-0.39, 0.29) is 0 Å². The number of ether oxygens (including phenoxy) is 2. The van der Waals surface area contributed by atoms with Crippen LogP contribution in [0.1, 0.15) is 0 Å². The predicted octanol–water partition coefficient (Wildman–Crippen LogP) is 3.10. The number of methoxy groups -OCH3 is 1. The zero-order valence-electron chi connectivity index (χ0n) is 11.5. The van der Waals surface area contributed by atoms with Crippen molar-refractivity contribution in [1.29, 1.82) is 0 Å². The van der Waals surface area contributed by atoms with Crippen molar-refractivity contribution in [2.45, 2.75) is 0 Å². The van der Waals surface area contributed by atoms with Gasteiger partial charge in [0.15, 0.2) is 0 Å². The van der Waals surface area contributed by atoms with E-state index in [4.69, 9.17) is 21.1 Å². The molecule has 0 aliphatic heterocycles. The molecule has 3 rings (SSSR count). The van der Waals surface area contributed by atoms with Crippen molar-refractivity contribution in [1.82, 2.24) is 14.8 Å². The molecule has 3 aromatic rings. The third-order valence-corrected chi connectivity index (χ3v) is 3.20. The molecule has 0 bridgehead atoms. The topological polar surface area (TPSA) is 49.2 Å². The Morgan fingerprint density at radius 2 is 2.14 bits per heavy atom. The number of rotatable bonds is 5. The van der Waals surface area contributed by atoms with E-state index >= 15 is 0 Å². The van der Waals surface area contributed by atoms with Crippen LogP contribution < -0.4 is 4.74 Å².